The molecule has 1 aromatic rings. The molecule has 8 heteroatoms. The van der Waals surface area contributed by atoms with E-state index in [4.69, 9.17) is 43.3 Å². The van der Waals surface area contributed by atoms with E-state index in [1.807, 2.05) is 0 Å². The molecule has 0 amide bonds. The van der Waals surface area contributed by atoms with Crippen LogP contribution in [0.1, 0.15) is 22.8 Å². The highest BCUT2D eigenvalue weighted by Gasteiger charge is 2.19. The molecular weight excluding hydrogens is 333 g/mol. The summed E-state index contributed by atoms with van der Waals surface area (Å²) in [6.45, 7) is 2.01. The zero-order valence-corrected chi connectivity index (χ0v) is 13.0. The number of benzene rings is 1. The zero-order valence-electron chi connectivity index (χ0n) is 9.81. The van der Waals surface area contributed by atoms with Crippen LogP contribution in [-0.2, 0) is 13.8 Å². The first-order valence-corrected chi connectivity index (χ1v) is 9.01. The predicted molar refractivity (Wildman–Crippen MR) is 76.6 cm³/mol. The largest absolute Gasteiger partial charge is 0.462 e. The second-order valence-corrected chi connectivity index (χ2v) is 7.70. The summed E-state index contributed by atoms with van der Waals surface area (Å²) < 4.78 is 20.8. The lowest BCUT2D eigenvalue weighted by Gasteiger charge is -2.10. The van der Waals surface area contributed by atoms with Crippen LogP contribution in [-0.4, -0.2) is 12.6 Å². The Kier molecular flexibility index (Phi) is 6.21. The third-order valence-corrected chi connectivity index (χ3v) is 3.01. The van der Waals surface area contributed by atoms with E-state index in [9.17, 15) is 9.36 Å². The van der Waals surface area contributed by atoms with Crippen LogP contribution in [0.4, 0.5) is 0 Å². The van der Waals surface area contributed by atoms with Gasteiger partial charge in [-0.25, -0.2) is 9.36 Å². The summed E-state index contributed by atoms with van der Waals surface area (Å²) in [5, 5.41) is 0. The summed E-state index contributed by atoms with van der Waals surface area (Å²) in [7, 11) is 0. The number of esters is 1. The molecule has 4 nitrogen and oxygen atoms in total. The van der Waals surface area contributed by atoms with Crippen molar-refractivity contribution in [1.82, 2.24) is 0 Å². The lowest BCUT2D eigenvalue weighted by atomic mass is 10.1. The van der Waals surface area contributed by atoms with Gasteiger partial charge in [0.1, 0.15) is 5.76 Å². The first-order chi connectivity index (χ1) is 8.87. The number of rotatable bonds is 5. The zero-order chi connectivity index (χ0) is 14.5. The van der Waals surface area contributed by atoms with Crippen molar-refractivity contribution in [2.75, 3.05) is 6.61 Å². The Morgan fingerprint density at radius 1 is 1.26 bits per heavy atom. The standard InChI is InChI=1S/C11H10Cl3O4P/c1-2-17-11(15)9-5-3-8(4-6-9)10(7-12)18-19(13,14)16/h3-7H,2H2,1H3/b10-7-. The van der Waals surface area contributed by atoms with Crippen molar-refractivity contribution >= 4 is 51.9 Å². The number of hydrogen-bond donors (Lipinski definition) is 0. The molecule has 0 heterocycles. The van der Waals surface area contributed by atoms with E-state index >= 15 is 0 Å². The highest BCUT2D eigenvalue weighted by molar-refractivity contribution is 8.05. The van der Waals surface area contributed by atoms with E-state index in [1.54, 1.807) is 19.1 Å². The Morgan fingerprint density at radius 2 is 1.79 bits per heavy atom. The van der Waals surface area contributed by atoms with Crippen LogP contribution in [0.5, 0.6) is 0 Å². The normalized spacial score (nSPS) is 12.1. The lowest BCUT2D eigenvalue weighted by Crippen LogP contribution is -2.04. The van der Waals surface area contributed by atoms with E-state index < -0.39 is 12.0 Å². The highest BCUT2D eigenvalue weighted by Crippen LogP contribution is 2.60. The van der Waals surface area contributed by atoms with Crippen LogP contribution in [0.15, 0.2) is 29.8 Å². The predicted octanol–water partition coefficient (Wildman–Crippen LogP) is 5.00. The van der Waals surface area contributed by atoms with E-state index in [0.29, 0.717) is 11.1 Å². The summed E-state index contributed by atoms with van der Waals surface area (Å²) in [6.07, 6.45) is -3.75. The van der Waals surface area contributed by atoms with Gasteiger partial charge in [-0.15, -0.1) is 0 Å². The summed E-state index contributed by atoms with van der Waals surface area (Å²) in [4.78, 5) is 11.4. The maximum atomic E-state index is 11.4. The van der Waals surface area contributed by atoms with Gasteiger partial charge in [-0.2, -0.15) is 0 Å². The first kappa shape index (κ1) is 16.4. The summed E-state index contributed by atoms with van der Waals surface area (Å²) in [6, 6.07) is 6.13. The quantitative estimate of drug-likeness (QED) is 0.429. The van der Waals surface area contributed by atoms with Crippen LogP contribution in [0.3, 0.4) is 0 Å². The molecule has 0 aliphatic heterocycles. The van der Waals surface area contributed by atoms with Gasteiger partial charge in [0.2, 0.25) is 0 Å². The summed E-state index contributed by atoms with van der Waals surface area (Å²) >= 11 is 16.2. The van der Waals surface area contributed by atoms with Gasteiger partial charge in [0.15, 0.2) is 0 Å². The maximum Gasteiger partial charge on any atom is 0.428 e. The molecule has 0 aromatic heterocycles. The third kappa shape index (κ3) is 5.45. The van der Waals surface area contributed by atoms with E-state index in [1.165, 1.54) is 12.1 Å². The molecule has 0 unspecified atom stereocenters. The fraction of sp³-hybridized carbons (Fsp3) is 0.182. The number of carbonyl (C=O) groups excluding carboxylic acids is 1. The molecule has 1 aromatic carbocycles. The van der Waals surface area contributed by atoms with Gasteiger partial charge in [-0.1, -0.05) is 23.7 Å². The second-order valence-electron chi connectivity index (χ2n) is 3.28. The average molecular weight is 344 g/mol. The molecule has 19 heavy (non-hydrogen) atoms. The number of ether oxygens (including phenoxy) is 1. The van der Waals surface area contributed by atoms with Crippen molar-refractivity contribution in [1.29, 1.82) is 0 Å². The van der Waals surface area contributed by atoms with Crippen LogP contribution in [0, 0.1) is 0 Å². The van der Waals surface area contributed by atoms with E-state index in [0.717, 1.165) is 5.54 Å². The minimum Gasteiger partial charge on any atom is -0.462 e. The van der Waals surface area contributed by atoms with Crippen LogP contribution >= 0.6 is 40.2 Å². The fourth-order valence-corrected chi connectivity index (χ4v) is 2.30. The van der Waals surface area contributed by atoms with Gasteiger partial charge >= 0.3 is 12.0 Å². The first-order valence-electron chi connectivity index (χ1n) is 5.14. The molecular formula is C11H10Cl3O4P. The Balaban J connectivity index is 2.91. The fourth-order valence-electron chi connectivity index (χ4n) is 1.24. The van der Waals surface area contributed by atoms with Crippen molar-refractivity contribution in [2.45, 2.75) is 6.92 Å². The molecule has 0 radical (unpaired) electrons. The van der Waals surface area contributed by atoms with Gasteiger partial charge in [0.25, 0.3) is 0 Å². The van der Waals surface area contributed by atoms with Crippen molar-refractivity contribution in [3.05, 3.63) is 40.9 Å². The SMILES string of the molecule is CCOC(=O)c1ccc(/C(=C/Cl)OP(=O)(Cl)Cl)cc1. The van der Waals surface area contributed by atoms with Crippen LogP contribution in [0.2, 0.25) is 0 Å². The molecule has 0 aliphatic carbocycles. The van der Waals surface area contributed by atoms with Crippen LogP contribution < -0.4 is 0 Å². The van der Waals surface area contributed by atoms with Crippen LogP contribution in [0.25, 0.3) is 5.76 Å². The number of carbonyl (C=O) groups is 1. The summed E-state index contributed by atoms with van der Waals surface area (Å²) in [5.41, 5.74) is 1.90. The van der Waals surface area contributed by atoms with E-state index in [2.05, 4.69) is 0 Å². The molecule has 104 valence electrons. The molecule has 0 aliphatic rings. The second kappa shape index (κ2) is 7.20. The molecule has 0 bridgehead atoms. The number of hydrogen-bond acceptors (Lipinski definition) is 4. The molecule has 0 saturated heterocycles. The third-order valence-electron chi connectivity index (χ3n) is 1.98. The molecule has 1 rings (SSSR count). The molecule has 0 saturated carbocycles. The summed E-state index contributed by atoms with van der Waals surface area (Å²) in [5.74, 6) is -0.392. The topological polar surface area (TPSA) is 52.6 Å². The Bertz CT molecular complexity index is 521. The Morgan fingerprint density at radius 3 is 2.21 bits per heavy atom. The monoisotopic (exact) mass is 342 g/mol. The molecule has 0 spiro atoms. The highest BCUT2D eigenvalue weighted by atomic mass is 35.9. The maximum absolute atomic E-state index is 11.4. The minimum absolute atomic E-state index is 0.0467. The van der Waals surface area contributed by atoms with Gasteiger partial charge < -0.3 is 9.26 Å². The minimum atomic E-state index is -3.75. The average Bonchev–Trinajstić information content (AvgIpc) is 2.35. The molecule has 0 atom stereocenters. The Hall–Kier alpha value is -0.670. The van der Waals surface area contributed by atoms with Gasteiger partial charge in [0, 0.05) is 33.6 Å². The Labute approximate surface area is 125 Å². The molecule has 0 N–H and O–H groups in total. The van der Waals surface area contributed by atoms with E-state index in [-0.39, 0.29) is 12.4 Å². The van der Waals surface area contributed by atoms with Crippen molar-refractivity contribution in [3.8, 4) is 0 Å². The molecule has 0 fully saturated rings. The van der Waals surface area contributed by atoms with Crippen molar-refractivity contribution < 1.29 is 18.6 Å². The van der Waals surface area contributed by atoms with Gasteiger partial charge in [0.05, 0.1) is 12.2 Å². The van der Waals surface area contributed by atoms with Gasteiger partial charge in [-0.3, -0.25) is 0 Å². The lowest BCUT2D eigenvalue weighted by molar-refractivity contribution is 0.0526. The number of halogens is 3. The van der Waals surface area contributed by atoms with Gasteiger partial charge in [-0.05, 0) is 19.1 Å². The smallest absolute Gasteiger partial charge is 0.428 e. The van der Waals surface area contributed by atoms with Crippen molar-refractivity contribution in [2.24, 2.45) is 0 Å². The van der Waals surface area contributed by atoms with Crippen molar-refractivity contribution in [3.63, 3.8) is 0 Å².